The largest absolute Gasteiger partial charge is 0.360 e. The van der Waals surface area contributed by atoms with Crippen molar-refractivity contribution >= 4 is 5.87 Å². The van der Waals surface area contributed by atoms with Crippen LogP contribution < -0.4 is 0 Å². The highest BCUT2D eigenvalue weighted by Crippen LogP contribution is 2.02. The molecule has 0 aromatic rings. The summed E-state index contributed by atoms with van der Waals surface area (Å²) in [6.07, 6.45) is 3.76. The first-order valence-corrected chi connectivity index (χ1v) is 3.65. The van der Waals surface area contributed by atoms with Gasteiger partial charge in [-0.1, -0.05) is 0 Å². The number of hydrogen-bond donors (Lipinski definition) is 0. The Morgan fingerprint density at radius 3 is 3.18 bits per heavy atom. The fraction of sp³-hybridized carbons (Fsp3) is 0.500. The lowest BCUT2D eigenvalue weighted by Gasteiger charge is -2.14. The van der Waals surface area contributed by atoms with Crippen LogP contribution in [0.4, 0.5) is 0 Å². The first-order chi connectivity index (χ1) is 5.33. The van der Waals surface area contributed by atoms with Crippen LogP contribution in [0.3, 0.4) is 0 Å². The summed E-state index contributed by atoms with van der Waals surface area (Å²) in [4.78, 5) is 0. The summed E-state index contributed by atoms with van der Waals surface area (Å²) in [6, 6.07) is 0. The minimum Gasteiger partial charge on any atom is -0.360 e. The van der Waals surface area contributed by atoms with Gasteiger partial charge < -0.3 is 4.74 Å². The first-order valence-electron chi connectivity index (χ1n) is 3.65. The highest BCUT2D eigenvalue weighted by molar-refractivity contribution is 5.58. The quantitative estimate of drug-likeness (QED) is 0.609. The van der Waals surface area contributed by atoms with E-state index in [1.54, 1.807) is 5.01 Å². The van der Waals surface area contributed by atoms with E-state index in [2.05, 4.69) is 11.0 Å². The lowest BCUT2D eigenvalue weighted by molar-refractivity contribution is 0.0639. The maximum atomic E-state index is 5.16. The molecule has 0 radical (unpaired) electrons. The summed E-state index contributed by atoms with van der Waals surface area (Å²) in [5.41, 5.74) is 1.14. The summed E-state index contributed by atoms with van der Waals surface area (Å²) in [6.45, 7) is 5.18. The monoisotopic (exact) mass is 152 g/mol. The zero-order valence-corrected chi connectivity index (χ0v) is 6.87. The molecule has 0 unspecified atom stereocenters. The van der Waals surface area contributed by atoms with E-state index in [1.165, 1.54) is 0 Å². The first kappa shape index (κ1) is 8.05. The SMILES string of the molecule is CCOCN1C=C(C)C=C=N1. The molecule has 0 saturated heterocycles. The van der Waals surface area contributed by atoms with Crippen LogP contribution in [0.15, 0.2) is 23.0 Å². The zero-order valence-electron chi connectivity index (χ0n) is 6.87. The third-order valence-electron chi connectivity index (χ3n) is 1.26. The molecule has 0 aromatic carbocycles. The Balaban J connectivity index is 2.43. The average molecular weight is 152 g/mol. The van der Waals surface area contributed by atoms with Crippen LogP contribution in [0.2, 0.25) is 0 Å². The summed E-state index contributed by atoms with van der Waals surface area (Å²) in [7, 11) is 0. The van der Waals surface area contributed by atoms with Gasteiger partial charge in [0, 0.05) is 24.8 Å². The van der Waals surface area contributed by atoms with Gasteiger partial charge in [-0.25, -0.2) is 5.01 Å². The zero-order chi connectivity index (χ0) is 8.10. The maximum absolute atomic E-state index is 5.16. The minimum atomic E-state index is 0.509. The van der Waals surface area contributed by atoms with Crippen LogP contribution >= 0.6 is 0 Å². The molecule has 1 heterocycles. The van der Waals surface area contributed by atoms with Gasteiger partial charge in [-0.3, -0.25) is 0 Å². The molecule has 0 spiro atoms. The number of nitrogens with zero attached hydrogens (tertiary/aromatic N) is 2. The second kappa shape index (κ2) is 3.96. The van der Waals surface area contributed by atoms with Crippen molar-refractivity contribution in [3.63, 3.8) is 0 Å². The molecular formula is C8H12N2O. The van der Waals surface area contributed by atoms with Crippen molar-refractivity contribution < 1.29 is 4.74 Å². The van der Waals surface area contributed by atoms with E-state index in [-0.39, 0.29) is 0 Å². The summed E-state index contributed by atoms with van der Waals surface area (Å²) in [5, 5.41) is 5.66. The molecule has 0 bridgehead atoms. The van der Waals surface area contributed by atoms with Crippen molar-refractivity contribution in [3.05, 3.63) is 17.8 Å². The highest BCUT2D eigenvalue weighted by Gasteiger charge is 1.98. The second-order valence-electron chi connectivity index (χ2n) is 2.31. The van der Waals surface area contributed by atoms with Gasteiger partial charge in [0.15, 0.2) is 0 Å². The number of allylic oxidation sites excluding steroid dienone is 2. The summed E-state index contributed by atoms with van der Waals surface area (Å²) < 4.78 is 5.16. The molecule has 60 valence electrons. The molecule has 3 heteroatoms. The number of hydrogen-bond acceptors (Lipinski definition) is 3. The van der Waals surface area contributed by atoms with E-state index in [0.29, 0.717) is 13.3 Å². The molecule has 0 fully saturated rings. The maximum Gasteiger partial charge on any atom is 0.140 e. The van der Waals surface area contributed by atoms with Gasteiger partial charge in [-0.15, -0.1) is 5.10 Å². The van der Waals surface area contributed by atoms with E-state index in [4.69, 9.17) is 4.74 Å². The number of ether oxygens (including phenoxy) is 1. The predicted molar refractivity (Wildman–Crippen MR) is 44.1 cm³/mol. The Hall–Kier alpha value is -1.05. The molecule has 1 rings (SSSR count). The minimum absolute atomic E-state index is 0.509. The van der Waals surface area contributed by atoms with Crippen molar-refractivity contribution in [3.8, 4) is 0 Å². The van der Waals surface area contributed by atoms with Gasteiger partial charge in [0.05, 0.1) is 0 Å². The van der Waals surface area contributed by atoms with Crippen LogP contribution in [-0.4, -0.2) is 24.2 Å². The van der Waals surface area contributed by atoms with E-state index >= 15 is 0 Å². The Morgan fingerprint density at radius 2 is 2.55 bits per heavy atom. The third kappa shape index (κ3) is 2.58. The smallest absolute Gasteiger partial charge is 0.140 e. The molecular weight excluding hydrogens is 140 g/mol. The van der Waals surface area contributed by atoms with Crippen LogP contribution in [0.5, 0.6) is 0 Å². The third-order valence-corrected chi connectivity index (χ3v) is 1.26. The summed E-state index contributed by atoms with van der Waals surface area (Å²) in [5.74, 6) is 2.77. The van der Waals surface area contributed by atoms with Gasteiger partial charge in [-0.05, 0) is 19.4 Å². The van der Waals surface area contributed by atoms with Crippen molar-refractivity contribution in [1.29, 1.82) is 0 Å². The predicted octanol–water partition coefficient (Wildman–Crippen LogP) is 1.34. The molecule has 0 amide bonds. The fourth-order valence-corrected chi connectivity index (χ4v) is 0.757. The van der Waals surface area contributed by atoms with Crippen molar-refractivity contribution in [2.45, 2.75) is 13.8 Å². The number of hydrazone groups is 1. The van der Waals surface area contributed by atoms with E-state index < -0.39 is 0 Å². The van der Waals surface area contributed by atoms with Gasteiger partial charge in [0.25, 0.3) is 0 Å². The Morgan fingerprint density at radius 1 is 1.73 bits per heavy atom. The molecule has 0 saturated carbocycles. The molecule has 0 aromatic heterocycles. The van der Waals surface area contributed by atoms with Crippen LogP contribution in [0.25, 0.3) is 0 Å². The van der Waals surface area contributed by atoms with E-state index in [1.807, 2.05) is 26.1 Å². The van der Waals surface area contributed by atoms with Gasteiger partial charge in [0.2, 0.25) is 0 Å². The van der Waals surface area contributed by atoms with Crippen molar-refractivity contribution in [2.24, 2.45) is 5.10 Å². The number of rotatable bonds is 3. The lowest BCUT2D eigenvalue weighted by Crippen LogP contribution is -2.16. The Kier molecular flexibility index (Phi) is 2.90. The molecule has 1 aliphatic rings. The van der Waals surface area contributed by atoms with Gasteiger partial charge in [0.1, 0.15) is 6.73 Å². The topological polar surface area (TPSA) is 24.8 Å². The molecule has 11 heavy (non-hydrogen) atoms. The van der Waals surface area contributed by atoms with Crippen LogP contribution in [0, 0.1) is 0 Å². The van der Waals surface area contributed by atoms with Gasteiger partial charge in [-0.2, -0.15) is 0 Å². The summed E-state index contributed by atoms with van der Waals surface area (Å²) >= 11 is 0. The molecule has 0 atom stereocenters. The molecule has 3 nitrogen and oxygen atoms in total. The molecule has 0 aliphatic carbocycles. The molecule has 1 aliphatic heterocycles. The fourth-order valence-electron chi connectivity index (χ4n) is 0.757. The standard InChI is InChI=1S/C8H12N2O/c1-3-11-7-10-6-8(2)4-5-9-10/h4,6H,3,7H2,1-2H3. The normalized spacial score (nSPS) is 15.5. The lowest BCUT2D eigenvalue weighted by atomic mass is 10.3. The Labute approximate surface area is 66.6 Å². The average Bonchev–Trinajstić information content (AvgIpc) is 2.01. The second-order valence-corrected chi connectivity index (χ2v) is 2.31. The van der Waals surface area contributed by atoms with Crippen molar-refractivity contribution in [2.75, 3.05) is 13.3 Å². The van der Waals surface area contributed by atoms with E-state index in [9.17, 15) is 0 Å². The highest BCUT2D eigenvalue weighted by atomic mass is 16.5. The Bertz CT molecular complexity index is 214. The van der Waals surface area contributed by atoms with E-state index in [0.717, 1.165) is 5.57 Å². The van der Waals surface area contributed by atoms with Crippen LogP contribution in [-0.2, 0) is 4.74 Å². The van der Waals surface area contributed by atoms with Crippen molar-refractivity contribution in [1.82, 2.24) is 5.01 Å². The molecule has 0 N–H and O–H groups in total. The van der Waals surface area contributed by atoms with Crippen LogP contribution in [0.1, 0.15) is 13.8 Å². The van der Waals surface area contributed by atoms with Gasteiger partial charge >= 0.3 is 0 Å².